The number of aryl methyl sites for hydroxylation is 1. The van der Waals surface area contributed by atoms with Crippen molar-refractivity contribution in [1.82, 2.24) is 5.32 Å². The van der Waals surface area contributed by atoms with Crippen LogP contribution in [-0.2, 0) is 0 Å². The number of anilines is 2. The molecule has 194 valence electrons. The van der Waals surface area contributed by atoms with Crippen molar-refractivity contribution in [2.24, 2.45) is 0 Å². The number of fused-ring (bicyclic) bond motifs is 1. The fraction of sp³-hybridized carbons (Fsp3) is 0.0357. The first-order valence-corrected chi connectivity index (χ1v) is 12.1. The molecular formula is C28H20N4O6S. The maximum atomic E-state index is 12.7. The highest BCUT2D eigenvalue weighted by Gasteiger charge is 2.20. The summed E-state index contributed by atoms with van der Waals surface area (Å²) in [6, 6.07) is 23.2. The number of nitro groups is 1. The number of nitrogens with one attached hydrogen (secondary N) is 3. The van der Waals surface area contributed by atoms with Crippen LogP contribution in [0.1, 0.15) is 26.7 Å². The molecule has 0 aliphatic rings. The van der Waals surface area contributed by atoms with Crippen LogP contribution in [0.25, 0.3) is 22.3 Å². The smallest absolute Gasteiger partial charge is 0.293 e. The van der Waals surface area contributed by atoms with Gasteiger partial charge in [-0.3, -0.25) is 25.0 Å². The zero-order valence-electron chi connectivity index (χ0n) is 20.4. The molecule has 11 heteroatoms. The van der Waals surface area contributed by atoms with E-state index < -0.39 is 10.8 Å². The minimum absolute atomic E-state index is 0.0158. The maximum absolute atomic E-state index is 12.7. The van der Waals surface area contributed by atoms with Gasteiger partial charge in [-0.05, 0) is 73.2 Å². The number of rotatable bonds is 6. The summed E-state index contributed by atoms with van der Waals surface area (Å²) in [4.78, 5) is 36.1. The molecule has 0 aliphatic carbocycles. The van der Waals surface area contributed by atoms with Crippen molar-refractivity contribution in [2.75, 3.05) is 10.6 Å². The lowest BCUT2D eigenvalue weighted by atomic mass is 10.1. The molecule has 0 aliphatic heterocycles. The van der Waals surface area contributed by atoms with Crippen LogP contribution in [0.3, 0.4) is 0 Å². The van der Waals surface area contributed by atoms with Crippen molar-refractivity contribution in [3.05, 3.63) is 112 Å². The largest absolute Gasteiger partial charge is 0.451 e. The van der Waals surface area contributed by atoms with Crippen molar-refractivity contribution >= 4 is 57.2 Å². The number of furan rings is 2. The van der Waals surface area contributed by atoms with Crippen LogP contribution in [0.2, 0.25) is 0 Å². The van der Waals surface area contributed by atoms with Crippen molar-refractivity contribution in [3.63, 3.8) is 0 Å². The number of benzene rings is 3. The van der Waals surface area contributed by atoms with E-state index in [4.69, 9.17) is 21.1 Å². The van der Waals surface area contributed by atoms with Gasteiger partial charge < -0.3 is 19.5 Å². The summed E-state index contributed by atoms with van der Waals surface area (Å²) in [6.45, 7) is 1.81. The molecule has 0 fully saturated rings. The molecule has 39 heavy (non-hydrogen) atoms. The molecule has 0 radical (unpaired) electrons. The van der Waals surface area contributed by atoms with Crippen LogP contribution in [0.5, 0.6) is 0 Å². The Morgan fingerprint density at radius 1 is 0.846 bits per heavy atom. The van der Waals surface area contributed by atoms with Gasteiger partial charge in [0.1, 0.15) is 11.3 Å². The normalized spacial score (nSPS) is 10.7. The van der Waals surface area contributed by atoms with Crippen molar-refractivity contribution in [3.8, 4) is 11.3 Å². The van der Waals surface area contributed by atoms with Crippen LogP contribution in [0.4, 0.5) is 17.1 Å². The van der Waals surface area contributed by atoms with Gasteiger partial charge in [-0.15, -0.1) is 0 Å². The van der Waals surface area contributed by atoms with Crippen molar-refractivity contribution in [1.29, 1.82) is 0 Å². The maximum Gasteiger partial charge on any atom is 0.293 e. The van der Waals surface area contributed by atoms with E-state index in [9.17, 15) is 19.7 Å². The average molecular weight is 541 g/mol. The van der Waals surface area contributed by atoms with Crippen LogP contribution in [-0.4, -0.2) is 21.9 Å². The van der Waals surface area contributed by atoms with E-state index in [-0.39, 0.29) is 39.6 Å². The number of amides is 2. The van der Waals surface area contributed by atoms with Gasteiger partial charge in [0, 0.05) is 22.8 Å². The Morgan fingerprint density at radius 3 is 2.38 bits per heavy atom. The van der Waals surface area contributed by atoms with E-state index in [2.05, 4.69) is 16.0 Å². The zero-order valence-corrected chi connectivity index (χ0v) is 21.2. The molecule has 3 N–H and O–H groups in total. The van der Waals surface area contributed by atoms with Crippen LogP contribution < -0.4 is 16.0 Å². The van der Waals surface area contributed by atoms with E-state index in [0.717, 1.165) is 10.9 Å². The Labute approximate surface area is 226 Å². The molecule has 0 bridgehead atoms. The summed E-state index contributed by atoms with van der Waals surface area (Å²) in [5, 5.41) is 20.4. The third-order valence-electron chi connectivity index (χ3n) is 5.80. The average Bonchev–Trinajstić information content (AvgIpc) is 3.58. The van der Waals surface area contributed by atoms with E-state index in [1.807, 2.05) is 25.1 Å². The summed E-state index contributed by atoms with van der Waals surface area (Å²) < 4.78 is 11.2. The number of nitro benzene ring substituents is 1. The Hall–Kier alpha value is -5.29. The second-order valence-electron chi connectivity index (χ2n) is 8.48. The lowest BCUT2D eigenvalue weighted by molar-refractivity contribution is -0.384. The highest BCUT2D eigenvalue weighted by molar-refractivity contribution is 7.80. The van der Waals surface area contributed by atoms with Gasteiger partial charge in [-0.2, -0.15) is 0 Å². The number of nitrogens with zero attached hydrogens (tertiary/aromatic N) is 1. The first-order chi connectivity index (χ1) is 18.8. The fourth-order valence-corrected chi connectivity index (χ4v) is 4.14. The van der Waals surface area contributed by atoms with Gasteiger partial charge in [0.15, 0.2) is 16.6 Å². The van der Waals surface area contributed by atoms with Crippen LogP contribution >= 0.6 is 12.2 Å². The molecule has 0 saturated carbocycles. The van der Waals surface area contributed by atoms with Gasteiger partial charge in [0.2, 0.25) is 0 Å². The number of carbonyl (C=O) groups excluding carboxylic acids is 2. The number of hydrogen-bond acceptors (Lipinski definition) is 7. The van der Waals surface area contributed by atoms with Gasteiger partial charge in [-0.1, -0.05) is 30.3 Å². The Balaban J connectivity index is 1.21. The van der Waals surface area contributed by atoms with E-state index >= 15 is 0 Å². The quantitative estimate of drug-likeness (QED) is 0.130. The van der Waals surface area contributed by atoms with Crippen molar-refractivity contribution < 1.29 is 23.3 Å². The summed E-state index contributed by atoms with van der Waals surface area (Å²) >= 11 is 5.25. The molecule has 2 amide bonds. The van der Waals surface area contributed by atoms with E-state index in [1.165, 1.54) is 24.3 Å². The molecule has 0 spiro atoms. The lowest BCUT2D eigenvalue weighted by Crippen LogP contribution is -2.33. The SMILES string of the molecule is Cc1cc(NC(=S)NC(=O)c2ccc(-c3ccccc3[N+](=O)[O-])o2)ccc1NC(=O)c1cc2ccccc2o1. The summed E-state index contributed by atoms with van der Waals surface area (Å²) in [5.74, 6) is -0.681. The minimum atomic E-state index is -0.622. The third kappa shape index (κ3) is 5.53. The predicted octanol–water partition coefficient (Wildman–Crippen LogP) is 6.29. The monoisotopic (exact) mass is 540 g/mol. The third-order valence-corrected chi connectivity index (χ3v) is 6.01. The number of hydrogen-bond donors (Lipinski definition) is 3. The molecule has 0 saturated heterocycles. The molecule has 0 unspecified atom stereocenters. The highest BCUT2D eigenvalue weighted by atomic mass is 32.1. The van der Waals surface area contributed by atoms with E-state index in [1.54, 1.807) is 42.5 Å². The lowest BCUT2D eigenvalue weighted by Gasteiger charge is -2.12. The second-order valence-corrected chi connectivity index (χ2v) is 8.89. The van der Waals surface area contributed by atoms with Gasteiger partial charge in [-0.25, -0.2) is 0 Å². The fourth-order valence-electron chi connectivity index (χ4n) is 3.93. The molecule has 5 aromatic rings. The highest BCUT2D eigenvalue weighted by Crippen LogP contribution is 2.31. The first-order valence-electron chi connectivity index (χ1n) is 11.6. The molecule has 3 aromatic carbocycles. The van der Waals surface area contributed by atoms with E-state index in [0.29, 0.717) is 17.0 Å². The van der Waals surface area contributed by atoms with Crippen LogP contribution in [0.15, 0.2) is 93.8 Å². The van der Waals surface area contributed by atoms with Gasteiger partial charge >= 0.3 is 0 Å². The number of thiocarbonyl (C=S) groups is 1. The zero-order chi connectivity index (χ0) is 27.5. The standard InChI is InChI=1S/C28H20N4O6S/c1-16-14-18(10-11-20(16)30-27(34)25-15-17-6-2-5-9-22(17)37-25)29-28(39)31-26(33)24-13-12-23(38-24)19-7-3-4-8-21(19)32(35)36/h2-15H,1H3,(H,30,34)(H2,29,31,33,39). The first kappa shape index (κ1) is 25.4. The Morgan fingerprint density at radius 2 is 1.62 bits per heavy atom. The molecule has 2 aromatic heterocycles. The minimum Gasteiger partial charge on any atom is -0.451 e. The molecule has 2 heterocycles. The van der Waals surface area contributed by atoms with Crippen molar-refractivity contribution in [2.45, 2.75) is 6.92 Å². The summed E-state index contributed by atoms with van der Waals surface area (Å²) in [6.07, 6.45) is 0. The summed E-state index contributed by atoms with van der Waals surface area (Å²) in [7, 11) is 0. The molecule has 10 nitrogen and oxygen atoms in total. The topological polar surface area (TPSA) is 140 Å². The Kier molecular flexibility index (Phi) is 6.89. The number of carbonyl (C=O) groups is 2. The summed E-state index contributed by atoms with van der Waals surface area (Å²) in [5.41, 5.74) is 2.66. The second kappa shape index (κ2) is 10.6. The molecule has 5 rings (SSSR count). The van der Waals surface area contributed by atoms with Gasteiger partial charge in [0.05, 0.1) is 10.5 Å². The van der Waals surface area contributed by atoms with Crippen LogP contribution in [0, 0.1) is 17.0 Å². The molecule has 0 atom stereocenters. The Bertz CT molecular complexity index is 1720. The molecular weight excluding hydrogens is 520 g/mol. The number of para-hydroxylation sites is 2. The van der Waals surface area contributed by atoms with Gasteiger partial charge in [0.25, 0.3) is 17.5 Å². The predicted molar refractivity (Wildman–Crippen MR) is 150 cm³/mol.